The number of nitrogens with one attached hydrogen (secondary N) is 2. The van der Waals surface area contributed by atoms with E-state index in [0.717, 1.165) is 38.5 Å². The summed E-state index contributed by atoms with van der Waals surface area (Å²) in [5.74, 6) is -0.0449. The molecule has 0 aliphatic rings. The summed E-state index contributed by atoms with van der Waals surface area (Å²) < 4.78 is 15.7. The number of ether oxygens (including phenoxy) is 1. The minimum atomic E-state index is -4.19. The normalized spacial score (nSPS) is 13.1. The highest BCUT2D eigenvalue weighted by molar-refractivity contribution is 7.49. The highest BCUT2D eigenvalue weighted by Gasteiger charge is 2.09. The summed E-state index contributed by atoms with van der Waals surface area (Å²) >= 11 is 0. The lowest BCUT2D eigenvalue weighted by Crippen LogP contribution is -2.27. The second-order valence-electron chi connectivity index (χ2n) is 7.37. The Morgan fingerprint density at radius 3 is 1.65 bits per heavy atom. The first-order valence-electron chi connectivity index (χ1n) is 12.0. The molecule has 7 nitrogen and oxygen atoms in total. The number of allylic oxidation sites excluding steroid dienone is 12. The Morgan fingerprint density at radius 1 is 0.735 bits per heavy atom. The van der Waals surface area contributed by atoms with E-state index in [-0.39, 0.29) is 19.1 Å². The monoisotopic (exact) mass is 494 g/mol. The lowest BCUT2D eigenvalue weighted by molar-refractivity contribution is -0.121. The maximum absolute atomic E-state index is 11.7. The van der Waals surface area contributed by atoms with Crippen LogP contribution >= 0.6 is 7.75 Å². The predicted molar refractivity (Wildman–Crippen MR) is 141 cm³/mol. The summed E-state index contributed by atoms with van der Waals surface area (Å²) in [6, 6.07) is 0. The fourth-order valence-corrected chi connectivity index (χ4v) is 2.95. The van der Waals surface area contributed by atoms with Gasteiger partial charge in [0.2, 0.25) is 5.91 Å². The van der Waals surface area contributed by atoms with Crippen LogP contribution in [0, 0.1) is 0 Å². The van der Waals surface area contributed by atoms with E-state index in [9.17, 15) is 9.36 Å². The van der Waals surface area contributed by atoms with Crippen LogP contribution in [0.3, 0.4) is 0 Å². The van der Waals surface area contributed by atoms with Crippen molar-refractivity contribution in [2.75, 3.05) is 26.3 Å². The Hall–Kier alpha value is -2.02. The highest BCUT2D eigenvalue weighted by atomic mass is 31.2. The third kappa shape index (κ3) is 28.0. The predicted octanol–water partition coefficient (Wildman–Crippen LogP) is 5.28. The van der Waals surface area contributed by atoms with Crippen LogP contribution in [0.5, 0.6) is 0 Å². The molecular weight excluding hydrogens is 451 g/mol. The average Bonchev–Trinajstić information content (AvgIpc) is 2.79. The van der Waals surface area contributed by atoms with Crippen molar-refractivity contribution in [2.45, 2.75) is 58.3 Å². The van der Waals surface area contributed by atoms with Gasteiger partial charge < -0.3 is 19.8 Å². The summed E-state index contributed by atoms with van der Waals surface area (Å²) in [7, 11) is -4.19. The Labute approximate surface area is 205 Å². The van der Waals surface area contributed by atoms with Gasteiger partial charge in [-0.05, 0) is 44.9 Å². The number of rotatable bonds is 21. The molecule has 0 fully saturated rings. The first kappa shape index (κ1) is 32.0. The largest absolute Gasteiger partial charge is 0.400 e. The zero-order chi connectivity index (χ0) is 25.2. The zero-order valence-electron chi connectivity index (χ0n) is 20.5. The molecule has 0 rings (SSSR count). The lowest BCUT2D eigenvalue weighted by atomic mass is 10.2. The smallest absolute Gasteiger partial charge is 0.378 e. The molecule has 1 amide bonds. The maximum Gasteiger partial charge on any atom is 0.400 e. The van der Waals surface area contributed by atoms with Crippen LogP contribution in [-0.4, -0.2) is 42.0 Å². The Kier molecular flexibility index (Phi) is 22.7. The van der Waals surface area contributed by atoms with Crippen molar-refractivity contribution in [3.8, 4) is 0 Å². The van der Waals surface area contributed by atoms with Crippen molar-refractivity contribution in [1.82, 2.24) is 10.4 Å². The van der Waals surface area contributed by atoms with E-state index in [1.54, 1.807) is 0 Å². The average molecular weight is 495 g/mol. The summed E-state index contributed by atoms with van der Waals surface area (Å²) in [4.78, 5) is 28.9. The number of hydrogen-bond donors (Lipinski definition) is 4. The fraction of sp³-hybridized carbons (Fsp3) is 0.500. The Morgan fingerprint density at radius 2 is 1.18 bits per heavy atom. The number of carbonyl (C=O) groups is 1. The standard InChI is InChI=1S/C26H43N2O5P/c1-2-3-4-5-6-7-8-9-10-11-12-13-14-15-16-17-18-19-20-21-26(29)27-22-24-33-25-23-28-34(30,31)32/h3-4,6-7,9-10,12-13,15-16,18-19H,2,5,8,11,14,17,20-25H2,1H3,(H,27,29)(H3,28,30,31,32)/b4-3-,7-6-,10-9-,13-12-,16-15-,19-18-. The van der Waals surface area contributed by atoms with E-state index in [4.69, 9.17) is 14.5 Å². The minimum absolute atomic E-state index is 0.0449. The van der Waals surface area contributed by atoms with Crippen LogP contribution in [-0.2, 0) is 14.1 Å². The zero-order valence-corrected chi connectivity index (χ0v) is 21.4. The van der Waals surface area contributed by atoms with Crippen LogP contribution < -0.4 is 10.4 Å². The van der Waals surface area contributed by atoms with Gasteiger partial charge in [0.25, 0.3) is 0 Å². The highest BCUT2D eigenvalue weighted by Crippen LogP contribution is 2.26. The second-order valence-corrected chi connectivity index (χ2v) is 8.77. The van der Waals surface area contributed by atoms with E-state index >= 15 is 0 Å². The van der Waals surface area contributed by atoms with Crippen molar-refractivity contribution in [3.63, 3.8) is 0 Å². The van der Waals surface area contributed by atoms with Gasteiger partial charge >= 0.3 is 7.75 Å². The Balaban J connectivity index is 3.55. The third-order valence-electron chi connectivity index (χ3n) is 4.27. The quantitative estimate of drug-likeness (QED) is 0.0982. The summed E-state index contributed by atoms with van der Waals surface area (Å²) in [6.07, 6.45) is 32.7. The van der Waals surface area contributed by atoms with Gasteiger partial charge in [0.15, 0.2) is 0 Å². The molecule has 192 valence electrons. The van der Waals surface area contributed by atoms with Gasteiger partial charge in [-0.3, -0.25) is 4.79 Å². The van der Waals surface area contributed by atoms with E-state index in [1.165, 1.54) is 0 Å². The molecule has 0 heterocycles. The van der Waals surface area contributed by atoms with Crippen molar-refractivity contribution in [3.05, 3.63) is 72.9 Å². The molecule has 34 heavy (non-hydrogen) atoms. The van der Waals surface area contributed by atoms with Crippen LogP contribution in [0.2, 0.25) is 0 Å². The van der Waals surface area contributed by atoms with Gasteiger partial charge in [0, 0.05) is 19.5 Å². The molecular formula is C26H43N2O5P. The van der Waals surface area contributed by atoms with Gasteiger partial charge in [-0.15, -0.1) is 0 Å². The molecule has 0 spiro atoms. The Bertz CT molecular complexity index is 721. The molecule has 0 aliphatic heterocycles. The van der Waals surface area contributed by atoms with Crippen molar-refractivity contribution < 1.29 is 23.9 Å². The van der Waals surface area contributed by atoms with Crippen molar-refractivity contribution >= 4 is 13.7 Å². The number of amides is 1. The first-order chi connectivity index (χ1) is 16.5. The second kappa shape index (κ2) is 24.1. The molecule has 0 saturated carbocycles. The summed E-state index contributed by atoms with van der Waals surface area (Å²) in [5, 5.41) is 4.78. The molecule has 4 N–H and O–H groups in total. The molecule has 0 aromatic carbocycles. The maximum atomic E-state index is 11.7. The molecule has 0 saturated heterocycles. The van der Waals surface area contributed by atoms with Crippen LogP contribution in [0.15, 0.2) is 72.9 Å². The summed E-state index contributed by atoms with van der Waals surface area (Å²) in [5.41, 5.74) is 0. The SMILES string of the molecule is CC/C=C\C/C=C\C/C=C\C/C=C\C/C=C\C/C=C\CCC(=O)NCCOCCNP(=O)(O)O. The molecule has 0 aromatic rings. The lowest BCUT2D eigenvalue weighted by Gasteiger charge is -2.07. The van der Waals surface area contributed by atoms with Crippen LogP contribution in [0.1, 0.15) is 58.3 Å². The van der Waals surface area contributed by atoms with E-state index in [1.807, 2.05) is 11.2 Å². The molecule has 0 aliphatic carbocycles. The fourth-order valence-electron chi connectivity index (χ4n) is 2.57. The summed E-state index contributed by atoms with van der Waals surface area (Å²) in [6.45, 7) is 3.04. The van der Waals surface area contributed by atoms with E-state index in [2.05, 4.69) is 79.1 Å². The third-order valence-corrected chi connectivity index (χ3v) is 4.90. The molecule has 0 radical (unpaired) electrons. The molecule has 0 atom stereocenters. The van der Waals surface area contributed by atoms with E-state index < -0.39 is 7.75 Å². The number of hydrogen-bond acceptors (Lipinski definition) is 3. The van der Waals surface area contributed by atoms with Gasteiger partial charge in [0.05, 0.1) is 13.2 Å². The van der Waals surface area contributed by atoms with Crippen molar-refractivity contribution in [1.29, 1.82) is 0 Å². The number of carbonyl (C=O) groups excluding carboxylic acids is 1. The van der Waals surface area contributed by atoms with Crippen LogP contribution in [0.4, 0.5) is 0 Å². The van der Waals surface area contributed by atoms with Crippen molar-refractivity contribution in [2.24, 2.45) is 0 Å². The molecule has 8 heteroatoms. The molecule has 0 unspecified atom stereocenters. The van der Waals surface area contributed by atoms with Gasteiger partial charge in [0.1, 0.15) is 0 Å². The molecule has 0 aromatic heterocycles. The van der Waals surface area contributed by atoms with Gasteiger partial charge in [-0.2, -0.15) is 0 Å². The minimum Gasteiger partial charge on any atom is -0.378 e. The molecule has 0 bridgehead atoms. The van der Waals surface area contributed by atoms with Gasteiger partial charge in [-0.25, -0.2) is 9.65 Å². The van der Waals surface area contributed by atoms with E-state index in [0.29, 0.717) is 26.0 Å². The van der Waals surface area contributed by atoms with Crippen LogP contribution in [0.25, 0.3) is 0 Å². The first-order valence-corrected chi connectivity index (χ1v) is 13.6. The van der Waals surface area contributed by atoms with Gasteiger partial charge in [-0.1, -0.05) is 79.8 Å². The topological polar surface area (TPSA) is 108 Å².